The number of nitrogens with one attached hydrogen (secondary N) is 1. The summed E-state index contributed by atoms with van der Waals surface area (Å²) in [5.41, 5.74) is 8.43. The molecule has 0 spiro atoms. The van der Waals surface area contributed by atoms with Gasteiger partial charge < -0.3 is 15.8 Å². The zero-order valence-corrected chi connectivity index (χ0v) is 11.5. The topological polar surface area (TPSA) is 77.2 Å². The Labute approximate surface area is 117 Å². The maximum absolute atomic E-state index is 12.2. The molecule has 0 bridgehead atoms. The van der Waals surface area contributed by atoms with Crippen LogP contribution in [0.2, 0.25) is 0 Å². The molecule has 104 valence electrons. The number of carbonyl (C=O) groups excluding carboxylic acids is 1. The molecule has 20 heavy (non-hydrogen) atoms. The molecule has 0 radical (unpaired) electrons. The first kappa shape index (κ1) is 13.9. The lowest BCUT2D eigenvalue weighted by atomic mass is 10.1. The third kappa shape index (κ3) is 3.06. The van der Waals surface area contributed by atoms with Crippen molar-refractivity contribution in [3.05, 3.63) is 47.8 Å². The summed E-state index contributed by atoms with van der Waals surface area (Å²) in [5.74, 6) is 0.373. The van der Waals surface area contributed by atoms with E-state index in [4.69, 9.17) is 10.5 Å². The van der Waals surface area contributed by atoms with E-state index in [1.807, 2.05) is 13.8 Å². The smallest absolute Gasteiger partial charge is 0.255 e. The maximum Gasteiger partial charge on any atom is 0.255 e. The normalized spacial score (nSPS) is 10.1. The Balaban J connectivity index is 2.18. The molecule has 1 aromatic carbocycles. The average molecular weight is 271 g/mol. The van der Waals surface area contributed by atoms with Crippen molar-refractivity contribution in [1.82, 2.24) is 4.98 Å². The van der Waals surface area contributed by atoms with E-state index < -0.39 is 0 Å². The number of hydrogen-bond donors (Lipinski definition) is 2. The number of hydrogen-bond acceptors (Lipinski definition) is 4. The zero-order chi connectivity index (χ0) is 14.5. The van der Waals surface area contributed by atoms with E-state index in [1.54, 1.807) is 36.7 Å². The van der Waals surface area contributed by atoms with Gasteiger partial charge in [-0.2, -0.15) is 0 Å². The van der Waals surface area contributed by atoms with Crippen molar-refractivity contribution in [3.8, 4) is 5.75 Å². The van der Waals surface area contributed by atoms with Crippen molar-refractivity contribution >= 4 is 17.3 Å². The van der Waals surface area contributed by atoms with Crippen LogP contribution in [0.4, 0.5) is 11.4 Å². The molecule has 1 amide bonds. The number of benzene rings is 1. The van der Waals surface area contributed by atoms with Gasteiger partial charge in [0.2, 0.25) is 0 Å². The predicted molar refractivity (Wildman–Crippen MR) is 79.0 cm³/mol. The Bertz CT molecular complexity index is 626. The molecule has 2 aromatic rings. The summed E-state index contributed by atoms with van der Waals surface area (Å²) in [5, 5.41) is 2.83. The summed E-state index contributed by atoms with van der Waals surface area (Å²) in [4.78, 5) is 16.1. The first-order valence-electron chi connectivity index (χ1n) is 6.36. The second-order valence-electron chi connectivity index (χ2n) is 4.33. The van der Waals surface area contributed by atoms with Crippen molar-refractivity contribution < 1.29 is 9.53 Å². The Morgan fingerprint density at radius 2 is 2.20 bits per heavy atom. The predicted octanol–water partition coefficient (Wildman–Crippen LogP) is 2.62. The second kappa shape index (κ2) is 6.06. The third-order valence-corrected chi connectivity index (χ3v) is 2.84. The molecule has 0 aliphatic carbocycles. The fourth-order valence-electron chi connectivity index (χ4n) is 1.78. The lowest BCUT2D eigenvalue weighted by Gasteiger charge is -2.10. The highest BCUT2D eigenvalue weighted by Crippen LogP contribution is 2.23. The number of rotatable bonds is 4. The SMILES string of the molecule is CCOc1ccc(C(=O)Nc2ccncc2C)cc1N. The van der Waals surface area contributed by atoms with Crippen LogP contribution in [0.3, 0.4) is 0 Å². The van der Waals surface area contributed by atoms with Crippen molar-refractivity contribution in [2.45, 2.75) is 13.8 Å². The summed E-state index contributed by atoms with van der Waals surface area (Å²) < 4.78 is 5.34. The van der Waals surface area contributed by atoms with Gasteiger partial charge in [-0.1, -0.05) is 0 Å². The first-order chi connectivity index (χ1) is 9.61. The molecular formula is C15H17N3O2. The van der Waals surface area contributed by atoms with Gasteiger partial charge in [0.15, 0.2) is 0 Å². The average Bonchev–Trinajstić information content (AvgIpc) is 2.43. The maximum atomic E-state index is 12.2. The molecule has 1 aromatic heterocycles. The highest BCUT2D eigenvalue weighted by atomic mass is 16.5. The van der Waals surface area contributed by atoms with Gasteiger partial charge in [0.25, 0.3) is 5.91 Å². The number of nitrogens with zero attached hydrogens (tertiary/aromatic N) is 1. The van der Waals surface area contributed by atoms with Gasteiger partial charge in [0.05, 0.1) is 12.3 Å². The van der Waals surface area contributed by atoms with Crippen LogP contribution < -0.4 is 15.8 Å². The number of anilines is 2. The Morgan fingerprint density at radius 1 is 1.40 bits per heavy atom. The number of carbonyl (C=O) groups is 1. The molecule has 2 rings (SSSR count). The van der Waals surface area contributed by atoms with Gasteiger partial charge in [0.1, 0.15) is 5.75 Å². The van der Waals surface area contributed by atoms with E-state index in [2.05, 4.69) is 10.3 Å². The molecule has 0 fully saturated rings. The lowest BCUT2D eigenvalue weighted by Crippen LogP contribution is -2.13. The minimum Gasteiger partial charge on any atom is -0.492 e. The number of aromatic nitrogens is 1. The Morgan fingerprint density at radius 3 is 2.85 bits per heavy atom. The van der Waals surface area contributed by atoms with Gasteiger partial charge in [0, 0.05) is 23.6 Å². The summed E-state index contributed by atoms with van der Waals surface area (Å²) in [6.07, 6.45) is 3.33. The largest absolute Gasteiger partial charge is 0.492 e. The molecule has 0 aliphatic rings. The summed E-state index contributed by atoms with van der Waals surface area (Å²) in [7, 11) is 0. The molecule has 5 heteroatoms. The lowest BCUT2D eigenvalue weighted by molar-refractivity contribution is 0.102. The van der Waals surface area contributed by atoms with Gasteiger partial charge in [-0.25, -0.2) is 0 Å². The number of amides is 1. The van der Waals surface area contributed by atoms with E-state index in [-0.39, 0.29) is 5.91 Å². The molecule has 0 aliphatic heterocycles. The minimum absolute atomic E-state index is 0.214. The van der Waals surface area contributed by atoms with Crippen molar-refractivity contribution in [2.75, 3.05) is 17.7 Å². The van der Waals surface area contributed by atoms with E-state index in [9.17, 15) is 4.79 Å². The number of nitrogens with two attached hydrogens (primary N) is 1. The van der Waals surface area contributed by atoms with Gasteiger partial charge >= 0.3 is 0 Å². The summed E-state index contributed by atoms with van der Waals surface area (Å²) in [6, 6.07) is 6.75. The van der Waals surface area contributed by atoms with Crippen LogP contribution in [0.1, 0.15) is 22.8 Å². The fourth-order valence-corrected chi connectivity index (χ4v) is 1.78. The van der Waals surface area contributed by atoms with Crippen LogP contribution in [0.5, 0.6) is 5.75 Å². The molecule has 3 N–H and O–H groups in total. The van der Waals surface area contributed by atoms with Crippen molar-refractivity contribution in [3.63, 3.8) is 0 Å². The molecular weight excluding hydrogens is 254 g/mol. The van der Waals surface area contributed by atoms with Crippen LogP contribution in [-0.2, 0) is 0 Å². The van der Waals surface area contributed by atoms with Gasteiger partial charge in [-0.05, 0) is 43.7 Å². The van der Waals surface area contributed by atoms with E-state index in [0.29, 0.717) is 23.6 Å². The van der Waals surface area contributed by atoms with Gasteiger partial charge in [-0.3, -0.25) is 9.78 Å². The first-order valence-corrected chi connectivity index (χ1v) is 6.36. The van der Waals surface area contributed by atoms with Crippen molar-refractivity contribution in [2.24, 2.45) is 0 Å². The molecule has 1 heterocycles. The highest BCUT2D eigenvalue weighted by molar-refractivity contribution is 6.05. The van der Waals surface area contributed by atoms with Gasteiger partial charge in [-0.15, -0.1) is 0 Å². The molecule has 0 unspecified atom stereocenters. The molecule has 0 saturated carbocycles. The van der Waals surface area contributed by atoms with Crippen LogP contribution in [0, 0.1) is 6.92 Å². The quantitative estimate of drug-likeness (QED) is 0.838. The molecule has 0 atom stereocenters. The fraction of sp³-hybridized carbons (Fsp3) is 0.200. The minimum atomic E-state index is -0.214. The third-order valence-electron chi connectivity index (χ3n) is 2.84. The summed E-state index contributed by atoms with van der Waals surface area (Å²) >= 11 is 0. The second-order valence-corrected chi connectivity index (χ2v) is 4.33. The van der Waals surface area contributed by atoms with Crippen LogP contribution in [-0.4, -0.2) is 17.5 Å². The highest BCUT2D eigenvalue weighted by Gasteiger charge is 2.10. The Kier molecular flexibility index (Phi) is 4.20. The molecule has 0 saturated heterocycles. The number of aryl methyl sites for hydroxylation is 1. The zero-order valence-electron chi connectivity index (χ0n) is 11.5. The van der Waals surface area contributed by atoms with E-state index in [0.717, 1.165) is 11.3 Å². The number of nitrogen functional groups attached to an aromatic ring is 1. The summed E-state index contributed by atoms with van der Waals surface area (Å²) in [6.45, 7) is 4.30. The number of pyridine rings is 1. The Hall–Kier alpha value is -2.56. The molecule has 5 nitrogen and oxygen atoms in total. The monoisotopic (exact) mass is 271 g/mol. The van der Waals surface area contributed by atoms with E-state index in [1.165, 1.54) is 0 Å². The standard InChI is InChI=1S/C15H17N3O2/c1-3-20-14-5-4-11(8-12(14)16)15(19)18-13-6-7-17-9-10(13)2/h4-9H,3,16H2,1-2H3,(H,17,18,19). The van der Waals surface area contributed by atoms with Crippen LogP contribution in [0.25, 0.3) is 0 Å². The van der Waals surface area contributed by atoms with Crippen LogP contribution in [0.15, 0.2) is 36.7 Å². The van der Waals surface area contributed by atoms with E-state index >= 15 is 0 Å². The van der Waals surface area contributed by atoms with Crippen molar-refractivity contribution in [1.29, 1.82) is 0 Å². The van der Waals surface area contributed by atoms with Crippen LogP contribution >= 0.6 is 0 Å². The number of ether oxygens (including phenoxy) is 1.